The fourth-order valence-corrected chi connectivity index (χ4v) is 2.78. The van der Waals surface area contributed by atoms with Crippen LogP contribution in [0.3, 0.4) is 0 Å². The molecule has 22 heavy (non-hydrogen) atoms. The molecule has 0 saturated carbocycles. The molecule has 2 N–H and O–H groups in total. The summed E-state index contributed by atoms with van der Waals surface area (Å²) in [5.41, 5.74) is 0.826. The van der Waals surface area contributed by atoms with Gasteiger partial charge in [0.1, 0.15) is 12.1 Å². The number of halogens is 1. The SMILES string of the molecule is Cl.O=C1NCCN(C(=O)C2CNCCO2)C1c1ccccc1. The molecule has 0 radical (unpaired) electrons. The summed E-state index contributed by atoms with van der Waals surface area (Å²) >= 11 is 0. The van der Waals surface area contributed by atoms with Crippen LogP contribution in [0.25, 0.3) is 0 Å². The van der Waals surface area contributed by atoms with Crippen molar-refractivity contribution in [2.45, 2.75) is 12.1 Å². The molecule has 2 aliphatic heterocycles. The average Bonchev–Trinajstić information content (AvgIpc) is 2.55. The number of morpholine rings is 1. The molecule has 2 aliphatic rings. The summed E-state index contributed by atoms with van der Waals surface area (Å²) < 4.78 is 5.53. The van der Waals surface area contributed by atoms with Gasteiger partial charge in [-0.2, -0.15) is 0 Å². The lowest BCUT2D eigenvalue weighted by molar-refractivity contribution is -0.153. The molecule has 1 aromatic rings. The molecule has 2 fully saturated rings. The van der Waals surface area contributed by atoms with Crippen LogP contribution in [0.15, 0.2) is 30.3 Å². The van der Waals surface area contributed by atoms with E-state index in [1.54, 1.807) is 4.90 Å². The van der Waals surface area contributed by atoms with E-state index in [1.807, 2.05) is 30.3 Å². The Kier molecular flexibility index (Phi) is 5.76. The monoisotopic (exact) mass is 325 g/mol. The third-order valence-corrected chi connectivity index (χ3v) is 3.81. The predicted octanol–water partition coefficient (Wildman–Crippen LogP) is 0.0963. The van der Waals surface area contributed by atoms with Gasteiger partial charge in [0.25, 0.3) is 5.91 Å². The van der Waals surface area contributed by atoms with E-state index >= 15 is 0 Å². The summed E-state index contributed by atoms with van der Waals surface area (Å²) in [4.78, 5) is 26.5. The normalized spacial score (nSPS) is 25.1. The standard InChI is InChI=1S/C15H19N3O3.ClH/c19-14-13(11-4-2-1-3-5-11)18(8-6-17-14)15(20)12-10-16-7-9-21-12;/h1-5,12-13,16H,6-10H2,(H,17,19);1H. The van der Waals surface area contributed by atoms with Crippen LogP contribution in [0.2, 0.25) is 0 Å². The first kappa shape index (κ1) is 16.7. The van der Waals surface area contributed by atoms with Crippen molar-refractivity contribution in [3.63, 3.8) is 0 Å². The number of hydrogen-bond acceptors (Lipinski definition) is 4. The Morgan fingerprint density at radius 3 is 2.68 bits per heavy atom. The quantitative estimate of drug-likeness (QED) is 0.809. The first-order chi connectivity index (χ1) is 10.3. The summed E-state index contributed by atoms with van der Waals surface area (Å²) in [7, 11) is 0. The largest absolute Gasteiger partial charge is 0.366 e. The van der Waals surface area contributed by atoms with E-state index in [4.69, 9.17) is 4.74 Å². The highest BCUT2D eigenvalue weighted by Crippen LogP contribution is 2.24. The van der Waals surface area contributed by atoms with Crippen molar-refractivity contribution in [1.82, 2.24) is 15.5 Å². The fourth-order valence-electron chi connectivity index (χ4n) is 2.78. The molecular weight excluding hydrogens is 306 g/mol. The minimum atomic E-state index is -0.571. The maximum Gasteiger partial charge on any atom is 0.254 e. The number of nitrogens with zero attached hydrogens (tertiary/aromatic N) is 1. The van der Waals surface area contributed by atoms with Crippen LogP contribution in [0.4, 0.5) is 0 Å². The van der Waals surface area contributed by atoms with Crippen molar-refractivity contribution in [1.29, 1.82) is 0 Å². The predicted molar refractivity (Wildman–Crippen MR) is 83.8 cm³/mol. The van der Waals surface area contributed by atoms with E-state index in [1.165, 1.54) is 0 Å². The van der Waals surface area contributed by atoms with Gasteiger partial charge >= 0.3 is 0 Å². The Labute approximate surface area is 135 Å². The highest BCUT2D eigenvalue weighted by Gasteiger charge is 2.37. The number of carbonyl (C=O) groups excluding carboxylic acids is 2. The molecule has 7 heteroatoms. The van der Waals surface area contributed by atoms with Gasteiger partial charge in [0.2, 0.25) is 5.91 Å². The molecule has 0 spiro atoms. The number of piperazine rings is 1. The second-order valence-corrected chi connectivity index (χ2v) is 5.20. The van der Waals surface area contributed by atoms with Crippen LogP contribution in [0, 0.1) is 0 Å². The third-order valence-electron chi connectivity index (χ3n) is 3.81. The maximum atomic E-state index is 12.7. The zero-order valence-corrected chi connectivity index (χ0v) is 13.0. The molecule has 1 aromatic carbocycles. The Balaban J connectivity index is 0.00000176. The molecule has 2 heterocycles. The first-order valence-electron chi connectivity index (χ1n) is 7.23. The molecule has 2 atom stereocenters. The number of rotatable bonds is 2. The second-order valence-electron chi connectivity index (χ2n) is 5.20. The topological polar surface area (TPSA) is 70.7 Å². The van der Waals surface area contributed by atoms with E-state index < -0.39 is 12.1 Å². The van der Waals surface area contributed by atoms with E-state index in [2.05, 4.69) is 10.6 Å². The molecule has 0 aromatic heterocycles. The highest BCUT2D eigenvalue weighted by atomic mass is 35.5. The van der Waals surface area contributed by atoms with Gasteiger partial charge in [-0.25, -0.2) is 0 Å². The zero-order chi connectivity index (χ0) is 14.7. The Morgan fingerprint density at radius 1 is 1.23 bits per heavy atom. The van der Waals surface area contributed by atoms with Crippen molar-refractivity contribution in [3.8, 4) is 0 Å². The van der Waals surface area contributed by atoms with Crippen molar-refractivity contribution < 1.29 is 14.3 Å². The van der Waals surface area contributed by atoms with Gasteiger partial charge in [-0.3, -0.25) is 9.59 Å². The summed E-state index contributed by atoms with van der Waals surface area (Å²) in [5.74, 6) is -0.254. The van der Waals surface area contributed by atoms with E-state index in [-0.39, 0.29) is 24.2 Å². The van der Waals surface area contributed by atoms with Crippen LogP contribution in [-0.4, -0.2) is 55.6 Å². The summed E-state index contributed by atoms with van der Waals surface area (Å²) in [6.45, 7) is 2.76. The highest BCUT2D eigenvalue weighted by molar-refractivity contribution is 5.91. The van der Waals surface area contributed by atoms with Gasteiger partial charge < -0.3 is 20.3 Å². The van der Waals surface area contributed by atoms with E-state index in [0.717, 1.165) is 12.1 Å². The summed E-state index contributed by atoms with van der Waals surface area (Å²) in [5, 5.41) is 5.98. The summed E-state index contributed by atoms with van der Waals surface area (Å²) in [6.07, 6.45) is -0.504. The van der Waals surface area contributed by atoms with Crippen LogP contribution in [-0.2, 0) is 14.3 Å². The number of benzene rings is 1. The van der Waals surface area contributed by atoms with Crippen LogP contribution < -0.4 is 10.6 Å². The molecule has 6 nitrogen and oxygen atoms in total. The molecule has 0 aliphatic carbocycles. The maximum absolute atomic E-state index is 12.7. The Bertz CT molecular complexity index is 520. The van der Waals surface area contributed by atoms with Crippen molar-refractivity contribution in [3.05, 3.63) is 35.9 Å². The Morgan fingerprint density at radius 2 is 2.00 bits per heavy atom. The molecule has 2 unspecified atom stereocenters. The molecule has 2 amide bonds. The first-order valence-corrected chi connectivity index (χ1v) is 7.23. The number of amides is 2. The minimum absolute atomic E-state index is 0. The van der Waals surface area contributed by atoms with Gasteiger partial charge in [-0.1, -0.05) is 30.3 Å². The van der Waals surface area contributed by atoms with Crippen LogP contribution in [0.1, 0.15) is 11.6 Å². The van der Waals surface area contributed by atoms with Crippen LogP contribution >= 0.6 is 12.4 Å². The van der Waals surface area contributed by atoms with Crippen LogP contribution in [0.5, 0.6) is 0 Å². The van der Waals surface area contributed by atoms with Crippen molar-refractivity contribution >= 4 is 24.2 Å². The van der Waals surface area contributed by atoms with Gasteiger partial charge in [-0.15, -0.1) is 12.4 Å². The smallest absolute Gasteiger partial charge is 0.254 e. The number of nitrogens with one attached hydrogen (secondary N) is 2. The van der Waals surface area contributed by atoms with Crippen molar-refractivity contribution in [2.75, 3.05) is 32.8 Å². The Hall–Kier alpha value is -1.63. The lowest BCUT2D eigenvalue weighted by Crippen LogP contribution is -2.57. The third kappa shape index (κ3) is 3.40. The van der Waals surface area contributed by atoms with E-state index in [0.29, 0.717) is 26.2 Å². The number of carbonyl (C=O) groups is 2. The number of ether oxygens (including phenoxy) is 1. The minimum Gasteiger partial charge on any atom is -0.366 e. The lowest BCUT2D eigenvalue weighted by atomic mass is 10.0. The molecule has 0 bridgehead atoms. The van der Waals surface area contributed by atoms with Gasteiger partial charge in [-0.05, 0) is 5.56 Å². The molecular formula is C15H20ClN3O3. The van der Waals surface area contributed by atoms with Gasteiger partial charge in [0, 0.05) is 26.2 Å². The van der Waals surface area contributed by atoms with E-state index in [9.17, 15) is 9.59 Å². The molecule has 120 valence electrons. The average molecular weight is 326 g/mol. The molecule has 2 saturated heterocycles. The zero-order valence-electron chi connectivity index (χ0n) is 12.2. The number of hydrogen-bond donors (Lipinski definition) is 2. The van der Waals surface area contributed by atoms with Crippen molar-refractivity contribution in [2.24, 2.45) is 0 Å². The van der Waals surface area contributed by atoms with Gasteiger partial charge in [0.05, 0.1) is 6.61 Å². The second kappa shape index (κ2) is 7.58. The lowest BCUT2D eigenvalue weighted by Gasteiger charge is -2.38. The van der Waals surface area contributed by atoms with Gasteiger partial charge in [0.15, 0.2) is 0 Å². The summed E-state index contributed by atoms with van der Waals surface area (Å²) in [6, 6.07) is 8.81. The molecule has 3 rings (SSSR count). The fraction of sp³-hybridized carbons (Fsp3) is 0.467.